The van der Waals surface area contributed by atoms with Crippen LogP contribution in [0.25, 0.3) is 0 Å². The lowest BCUT2D eigenvalue weighted by Gasteiger charge is -2.16. The molecule has 0 heterocycles. The topological polar surface area (TPSA) is 49.8 Å². The summed E-state index contributed by atoms with van der Waals surface area (Å²) in [5.74, 6) is -1.50. The van der Waals surface area contributed by atoms with E-state index in [2.05, 4.69) is 0 Å². The summed E-state index contributed by atoms with van der Waals surface area (Å²) in [6.07, 6.45) is -1.45. The zero-order valence-electron chi connectivity index (χ0n) is 13.5. The molecule has 2 rings (SSSR count). The SMILES string of the molecule is CCN(C)C(=O)c1cccc(OCC(O)c2c(F)cccc2F)c1. The molecular formula is C18H19F2NO3. The Bertz CT molecular complexity index is 701. The Labute approximate surface area is 139 Å². The molecule has 0 bridgehead atoms. The van der Waals surface area contributed by atoms with Gasteiger partial charge in [-0.05, 0) is 37.3 Å². The van der Waals surface area contributed by atoms with E-state index in [0.717, 1.165) is 12.1 Å². The summed E-state index contributed by atoms with van der Waals surface area (Å²) in [6.45, 7) is 2.09. The third kappa shape index (κ3) is 4.08. The standard InChI is InChI=1S/C18H19F2NO3/c1-3-21(2)18(23)12-6-4-7-13(10-12)24-11-16(22)17-14(19)8-5-9-15(17)20/h4-10,16,22H,3,11H2,1-2H3. The number of hydrogen-bond acceptors (Lipinski definition) is 3. The van der Waals surface area contributed by atoms with E-state index in [0.29, 0.717) is 17.9 Å². The van der Waals surface area contributed by atoms with E-state index in [-0.39, 0.29) is 12.5 Å². The molecule has 1 atom stereocenters. The molecule has 1 unspecified atom stereocenters. The smallest absolute Gasteiger partial charge is 0.253 e. The average Bonchev–Trinajstić information content (AvgIpc) is 2.58. The molecule has 0 aliphatic rings. The Morgan fingerprint density at radius 1 is 1.21 bits per heavy atom. The molecule has 0 aliphatic carbocycles. The van der Waals surface area contributed by atoms with Gasteiger partial charge in [0.05, 0.1) is 5.56 Å². The van der Waals surface area contributed by atoms with Crippen molar-refractivity contribution in [2.24, 2.45) is 0 Å². The van der Waals surface area contributed by atoms with Gasteiger partial charge in [-0.25, -0.2) is 8.78 Å². The fraction of sp³-hybridized carbons (Fsp3) is 0.278. The maximum atomic E-state index is 13.6. The van der Waals surface area contributed by atoms with Gasteiger partial charge in [0.25, 0.3) is 5.91 Å². The molecule has 128 valence electrons. The summed E-state index contributed by atoms with van der Waals surface area (Å²) in [7, 11) is 1.68. The largest absolute Gasteiger partial charge is 0.491 e. The molecule has 24 heavy (non-hydrogen) atoms. The Morgan fingerprint density at radius 3 is 2.46 bits per heavy atom. The van der Waals surface area contributed by atoms with Gasteiger partial charge in [0.2, 0.25) is 0 Å². The first-order chi connectivity index (χ1) is 11.4. The van der Waals surface area contributed by atoms with Gasteiger partial charge in [-0.1, -0.05) is 12.1 Å². The molecule has 2 aromatic carbocycles. The number of halogens is 2. The number of carbonyl (C=O) groups excluding carboxylic acids is 1. The van der Waals surface area contributed by atoms with Crippen LogP contribution in [0.1, 0.15) is 28.9 Å². The number of ether oxygens (including phenoxy) is 1. The molecule has 1 N–H and O–H groups in total. The molecule has 0 saturated carbocycles. The summed E-state index contributed by atoms with van der Waals surface area (Å²) < 4.78 is 32.6. The summed E-state index contributed by atoms with van der Waals surface area (Å²) >= 11 is 0. The number of carbonyl (C=O) groups is 1. The van der Waals surface area contributed by atoms with Crippen molar-refractivity contribution in [3.8, 4) is 5.75 Å². The number of aliphatic hydroxyl groups excluding tert-OH is 1. The summed E-state index contributed by atoms with van der Waals surface area (Å²) in [4.78, 5) is 13.6. The van der Waals surface area contributed by atoms with Crippen LogP contribution < -0.4 is 4.74 Å². The Kier molecular flexibility index (Phi) is 5.87. The Balaban J connectivity index is 2.08. The second-order valence-electron chi connectivity index (χ2n) is 5.31. The number of benzene rings is 2. The molecule has 0 spiro atoms. The fourth-order valence-corrected chi connectivity index (χ4v) is 2.17. The van der Waals surface area contributed by atoms with E-state index in [1.54, 1.807) is 30.1 Å². The Morgan fingerprint density at radius 2 is 1.83 bits per heavy atom. The van der Waals surface area contributed by atoms with Crippen molar-refractivity contribution in [1.82, 2.24) is 4.90 Å². The average molecular weight is 335 g/mol. The summed E-state index contributed by atoms with van der Waals surface area (Å²) in [6, 6.07) is 9.78. The highest BCUT2D eigenvalue weighted by Crippen LogP contribution is 2.22. The highest BCUT2D eigenvalue weighted by atomic mass is 19.1. The summed E-state index contributed by atoms with van der Waals surface area (Å²) in [5.41, 5.74) is -0.00106. The van der Waals surface area contributed by atoms with E-state index < -0.39 is 23.3 Å². The first-order valence-corrected chi connectivity index (χ1v) is 7.54. The third-order valence-corrected chi connectivity index (χ3v) is 3.64. The molecule has 0 aromatic heterocycles. The molecule has 6 heteroatoms. The van der Waals surface area contributed by atoms with Crippen LogP contribution in [0.5, 0.6) is 5.75 Å². The highest BCUT2D eigenvalue weighted by Gasteiger charge is 2.18. The predicted molar refractivity (Wildman–Crippen MR) is 85.9 cm³/mol. The van der Waals surface area contributed by atoms with E-state index in [1.807, 2.05) is 6.92 Å². The van der Waals surface area contributed by atoms with Crippen molar-refractivity contribution in [2.45, 2.75) is 13.0 Å². The number of rotatable bonds is 6. The summed E-state index contributed by atoms with van der Waals surface area (Å²) in [5, 5.41) is 9.97. The van der Waals surface area contributed by atoms with Crippen LogP contribution >= 0.6 is 0 Å². The van der Waals surface area contributed by atoms with Crippen molar-refractivity contribution >= 4 is 5.91 Å². The van der Waals surface area contributed by atoms with Gasteiger partial charge in [0.1, 0.15) is 30.1 Å². The van der Waals surface area contributed by atoms with Crippen molar-refractivity contribution in [1.29, 1.82) is 0 Å². The normalized spacial score (nSPS) is 11.9. The lowest BCUT2D eigenvalue weighted by molar-refractivity contribution is 0.0801. The van der Waals surface area contributed by atoms with Crippen molar-refractivity contribution in [3.63, 3.8) is 0 Å². The molecule has 0 radical (unpaired) electrons. The van der Waals surface area contributed by atoms with Gasteiger partial charge in [-0.15, -0.1) is 0 Å². The van der Waals surface area contributed by atoms with Crippen LogP contribution in [0.4, 0.5) is 8.78 Å². The second kappa shape index (κ2) is 7.88. The maximum absolute atomic E-state index is 13.6. The van der Waals surface area contributed by atoms with E-state index in [4.69, 9.17) is 4.74 Å². The molecule has 0 aliphatic heterocycles. The van der Waals surface area contributed by atoms with Crippen LogP contribution in [-0.4, -0.2) is 36.1 Å². The molecule has 4 nitrogen and oxygen atoms in total. The number of amides is 1. The zero-order valence-corrected chi connectivity index (χ0v) is 13.5. The lowest BCUT2D eigenvalue weighted by Crippen LogP contribution is -2.26. The first-order valence-electron chi connectivity index (χ1n) is 7.54. The second-order valence-corrected chi connectivity index (χ2v) is 5.31. The van der Waals surface area contributed by atoms with Gasteiger partial charge in [0.15, 0.2) is 0 Å². The molecule has 0 saturated heterocycles. The van der Waals surface area contributed by atoms with Gasteiger partial charge < -0.3 is 14.7 Å². The van der Waals surface area contributed by atoms with Crippen molar-refractivity contribution < 1.29 is 23.4 Å². The first kappa shape index (κ1) is 17.9. The van der Waals surface area contributed by atoms with Crippen LogP contribution in [0.2, 0.25) is 0 Å². The van der Waals surface area contributed by atoms with Gasteiger partial charge in [-0.3, -0.25) is 4.79 Å². The van der Waals surface area contributed by atoms with Gasteiger partial charge >= 0.3 is 0 Å². The zero-order chi connectivity index (χ0) is 17.7. The highest BCUT2D eigenvalue weighted by molar-refractivity contribution is 5.94. The van der Waals surface area contributed by atoms with Crippen LogP contribution in [-0.2, 0) is 0 Å². The molecule has 1 amide bonds. The van der Waals surface area contributed by atoms with Crippen molar-refractivity contribution in [3.05, 3.63) is 65.2 Å². The lowest BCUT2D eigenvalue weighted by atomic mass is 10.1. The Hall–Kier alpha value is -2.47. The van der Waals surface area contributed by atoms with E-state index in [1.165, 1.54) is 12.1 Å². The van der Waals surface area contributed by atoms with E-state index >= 15 is 0 Å². The van der Waals surface area contributed by atoms with Gasteiger partial charge in [0, 0.05) is 19.2 Å². The molecule has 0 fully saturated rings. The fourth-order valence-electron chi connectivity index (χ4n) is 2.17. The minimum atomic E-state index is -1.45. The monoisotopic (exact) mass is 335 g/mol. The number of nitrogens with zero attached hydrogens (tertiary/aromatic N) is 1. The minimum Gasteiger partial charge on any atom is -0.491 e. The third-order valence-electron chi connectivity index (χ3n) is 3.64. The molecule has 2 aromatic rings. The quantitative estimate of drug-likeness (QED) is 0.882. The van der Waals surface area contributed by atoms with Crippen molar-refractivity contribution in [2.75, 3.05) is 20.2 Å². The van der Waals surface area contributed by atoms with Crippen LogP contribution in [0.15, 0.2) is 42.5 Å². The molecular weight excluding hydrogens is 316 g/mol. The van der Waals surface area contributed by atoms with Gasteiger partial charge in [-0.2, -0.15) is 0 Å². The number of aliphatic hydroxyl groups is 1. The minimum absolute atomic E-state index is 0.163. The van der Waals surface area contributed by atoms with E-state index in [9.17, 15) is 18.7 Å². The predicted octanol–water partition coefficient (Wildman–Crippen LogP) is 3.17. The van der Waals surface area contributed by atoms with Crippen LogP contribution in [0.3, 0.4) is 0 Å². The maximum Gasteiger partial charge on any atom is 0.253 e. The number of hydrogen-bond donors (Lipinski definition) is 1. The van der Waals surface area contributed by atoms with Crippen LogP contribution in [0, 0.1) is 11.6 Å².